The lowest BCUT2D eigenvalue weighted by atomic mass is 9.94. The highest BCUT2D eigenvalue weighted by Gasteiger charge is 2.35. The molecule has 0 aromatic heterocycles. The van der Waals surface area contributed by atoms with Crippen LogP contribution in [-0.2, 0) is 0 Å². The standard InChI is InChI=1S/C12H16BrNO.ClH/c13-11-3-1-9(2-4-11)10-5-6-12(14,7-10)8-15;/h1-4,10,15H,5-8,14H2;1H/t10-,12-;/m1./s1. The van der Waals surface area contributed by atoms with Crippen LogP contribution in [0.2, 0.25) is 0 Å². The van der Waals surface area contributed by atoms with Gasteiger partial charge in [-0.15, -0.1) is 12.4 Å². The monoisotopic (exact) mass is 305 g/mol. The van der Waals surface area contributed by atoms with E-state index in [1.165, 1.54) is 5.56 Å². The van der Waals surface area contributed by atoms with E-state index in [4.69, 9.17) is 5.73 Å². The van der Waals surface area contributed by atoms with E-state index in [2.05, 4.69) is 40.2 Å². The van der Waals surface area contributed by atoms with E-state index in [0.29, 0.717) is 5.92 Å². The average molecular weight is 307 g/mol. The summed E-state index contributed by atoms with van der Waals surface area (Å²) < 4.78 is 1.10. The van der Waals surface area contributed by atoms with Gasteiger partial charge >= 0.3 is 0 Å². The molecule has 90 valence electrons. The first-order valence-corrected chi connectivity index (χ1v) is 6.07. The van der Waals surface area contributed by atoms with Gasteiger partial charge in [-0.05, 0) is 42.9 Å². The zero-order chi connectivity index (χ0) is 10.9. The highest BCUT2D eigenvalue weighted by Crippen LogP contribution is 2.39. The molecule has 1 aliphatic rings. The largest absolute Gasteiger partial charge is 0.394 e. The minimum Gasteiger partial charge on any atom is -0.394 e. The summed E-state index contributed by atoms with van der Waals surface area (Å²) in [5.74, 6) is 0.509. The van der Waals surface area contributed by atoms with Crippen molar-refractivity contribution in [1.82, 2.24) is 0 Å². The van der Waals surface area contributed by atoms with E-state index < -0.39 is 0 Å². The summed E-state index contributed by atoms with van der Waals surface area (Å²) in [6.07, 6.45) is 2.90. The molecule has 0 heterocycles. The van der Waals surface area contributed by atoms with Crippen molar-refractivity contribution in [3.8, 4) is 0 Å². The van der Waals surface area contributed by atoms with Crippen LogP contribution in [0.3, 0.4) is 0 Å². The van der Waals surface area contributed by atoms with Crippen molar-refractivity contribution in [2.24, 2.45) is 5.73 Å². The lowest BCUT2D eigenvalue weighted by molar-refractivity contribution is 0.198. The fourth-order valence-corrected chi connectivity index (χ4v) is 2.58. The molecule has 3 N–H and O–H groups in total. The fraction of sp³-hybridized carbons (Fsp3) is 0.500. The van der Waals surface area contributed by atoms with Crippen molar-refractivity contribution in [3.63, 3.8) is 0 Å². The van der Waals surface area contributed by atoms with Crippen LogP contribution in [0.5, 0.6) is 0 Å². The van der Waals surface area contributed by atoms with E-state index in [-0.39, 0.29) is 24.6 Å². The molecule has 1 aromatic rings. The number of aliphatic hydroxyl groups excluding tert-OH is 1. The Morgan fingerprint density at radius 3 is 2.50 bits per heavy atom. The Morgan fingerprint density at radius 2 is 2.00 bits per heavy atom. The smallest absolute Gasteiger partial charge is 0.0611 e. The summed E-state index contributed by atoms with van der Waals surface area (Å²) in [5.41, 5.74) is 7.04. The van der Waals surface area contributed by atoms with E-state index in [9.17, 15) is 5.11 Å². The normalized spacial score (nSPS) is 28.8. The van der Waals surface area contributed by atoms with E-state index in [1.54, 1.807) is 0 Å². The minimum atomic E-state index is -0.349. The first kappa shape index (κ1) is 14.0. The number of halogens is 2. The fourth-order valence-electron chi connectivity index (χ4n) is 2.32. The molecule has 2 atom stereocenters. The van der Waals surface area contributed by atoms with Gasteiger partial charge in [-0.25, -0.2) is 0 Å². The summed E-state index contributed by atoms with van der Waals surface area (Å²) in [7, 11) is 0. The Balaban J connectivity index is 0.00000128. The zero-order valence-electron chi connectivity index (χ0n) is 9.03. The quantitative estimate of drug-likeness (QED) is 0.882. The van der Waals surface area contributed by atoms with Gasteiger partial charge < -0.3 is 10.8 Å². The summed E-state index contributed by atoms with van der Waals surface area (Å²) >= 11 is 3.43. The second kappa shape index (κ2) is 5.50. The summed E-state index contributed by atoms with van der Waals surface area (Å²) in [6.45, 7) is 0.0973. The van der Waals surface area contributed by atoms with Crippen molar-refractivity contribution in [3.05, 3.63) is 34.3 Å². The van der Waals surface area contributed by atoms with Crippen LogP contribution < -0.4 is 5.73 Å². The van der Waals surface area contributed by atoms with Crippen molar-refractivity contribution in [2.45, 2.75) is 30.7 Å². The molecule has 0 amide bonds. The molecule has 0 radical (unpaired) electrons. The van der Waals surface area contributed by atoms with Crippen molar-refractivity contribution < 1.29 is 5.11 Å². The van der Waals surface area contributed by atoms with Gasteiger partial charge in [0, 0.05) is 10.0 Å². The van der Waals surface area contributed by atoms with Gasteiger partial charge in [0.15, 0.2) is 0 Å². The molecule has 0 spiro atoms. The van der Waals surface area contributed by atoms with Crippen molar-refractivity contribution in [1.29, 1.82) is 0 Å². The van der Waals surface area contributed by atoms with Gasteiger partial charge in [0.1, 0.15) is 0 Å². The molecule has 1 aliphatic carbocycles. The SMILES string of the molecule is Cl.N[C@]1(CO)CC[C@@H](c2ccc(Br)cc2)C1. The average Bonchev–Trinajstić information content (AvgIpc) is 2.63. The Morgan fingerprint density at radius 1 is 1.38 bits per heavy atom. The van der Waals surface area contributed by atoms with E-state index >= 15 is 0 Å². The van der Waals surface area contributed by atoms with Crippen LogP contribution >= 0.6 is 28.3 Å². The van der Waals surface area contributed by atoms with Crippen molar-refractivity contribution >= 4 is 28.3 Å². The molecule has 2 rings (SSSR count). The predicted octanol–water partition coefficient (Wildman–Crippen LogP) is 2.83. The molecule has 1 fully saturated rings. The highest BCUT2D eigenvalue weighted by atomic mass is 79.9. The predicted molar refractivity (Wildman–Crippen MR) is 72.0 cm³/mol. The lowest BCUT2D eigenvalue weighted by Gasteiger charge is -2.20. The first-order valence-electron chi connectivity index (χ1n) is 5.28. The summed E-state index contributed by atoms with van der Waals surface area (Å²) in [5, 5.41) is 9.20. The molecule has 2 nitrogen and oxygen atoms in total. The molecule has 0 unspecified atom stereocenters. The summed E-state index contributed by atoms with van der Waals surface area (Å²) in [4.78, 5) is 0. The van der Waals surface area contributed by atoms with Gasteiger partial charge in [0.2, 0.25) is 0 Å². The highest BCUT2D eigenvalue weighted by molar-refractivity contribution is 9.10. The second-order valence-electron chi connectivity index (χ2n) is 4.51. The number of benzene rings is 1. The van der Waals surface area contributed by atoms with E-state index in [1.807, 2.05) is 0 Å². The molecular weight excluding hydrogens is 289 g/mol. The molecule has 1 saturated carbocycles. The van der Waals surface area contributed by atoms with Gasteiger partial charge in [0.25, 0.3) is 0 Å². The van der Waals surface area contributed by atoms with Crippen LogP contribution in [0.1, 0.15) is 30.7 Å². The van der Waals surface area contributed by atoms with Crippen LogP contribution in [0.4, 0.5) is 0 Å². The maximum absolute atomic E-state index is 9.20. The Labute approximate surface area is 111 Å². The van der Waals surface area contributed by atoms with E-state index in [0.717, 1.165) is 23.7 Å². The van der Waals surface area contributed by atoms with Crippen LogP contribution in [0, 0.1) is 0 Å². The molecule has 4 heteroatoms. The molecular formula is C12H17BrClNO. The molecule has 0 saturated heterocycles. The third kappa shape index (κ3) is 2.98. The summed E-state index contributed by atoms with van der Waals surface area (Å²) in [6, 6.07) is 8.39. The third-order valence-electron chi connectivity index (χ3n) is 3.30. The first-order chi connectivity index (χ1) is 7.13. The number of nitrogens with two attached hydrogens (primary N) is 1. The van der Waals surface area contributed by atoms with Crippen molar-refractivity contribution in [2.75, 3.05) is 6.61 Å². The van der Waals surface area contributed by atoms with Crippen LogP contribution in [0.15, 0.2) is 28.7 Å². The maximum Gasteiger partial charge on any atom is 0.0611 e. The van der Waals surface area contributed by atoms with Gasteiger partial charge in [-0.2, -0.15) is 0 Å². The number of rotatable bonds is 2. The Bertz CT molecular complexity index is 343. The van der Waals surface area contributed by atoms with Gasteiger partial charge in [-0.3, -0.25) is 0 Å². The minimum absolute atomic E-state index is 0. The molecule has 1 aromatic carbocycles. The third-order valence-corrected chi connectivity index (χ3v) is 3.83. The van der Waals surface area contributed by atoms with Gasteiger partial charge in [0.05, 0.1) is 6.61 Å². The number of hydrogen-bond acceptors (Lipinski definition) is 2. The molecule has 16 heavy (non-hydrogen) atoms. The number of hydrogen-bond donors (Lipinski definition) is 2. The Kier molecular flexibility index (Phi) is 4.80. The van der Waals surface area contributed by atoms with Crippen LogP contribution in [0.25, 0.3) is 0 Å². The molecule has 0 bridgehead atoms. The topological polar surface area (TPSA) is 46.2 Å². The zero-order valence-corrected chi connectivity index (χ0v) is 11.4. The second-order valence-corrected chi connectivity index (χ2v) is 5.43. The lowest BCUT2D eigenvalue weighted by Crippen LogP contribution is -2.40. The van der Waals surface area contributed by atoms with Crippen LogP contribution in [-0.4, -0.2) is 17.3 Å². The van der Waals surface area contributed by atoms with Gasteiger partial charge in [-0.1, -0.05) is 28.1 Å². The molecule has 0 aliphatic heterocycles. The Hall–Kier alpha value is -0.0900. The number of aliphatic hydroxyl groups is 1. The maximum atomic E-state index is 9.20.